The molecule has 82 valence electrons. The van der Waals surface area contributed by atoms with Crippen LogP contribution in [0.25, 0.3) is 0 Å². The van der Waals surface area contributed by atoms with Gasteiger partial charge in [0.25, 0.3) is 6.43 Å². The summed E-state index contributed by atoms with van der Waals surface area (Å²) in [5.41, 5.74) is -1.25. The summed E-state index contributed by atoms with van der Waals surface area (Å²) in [5, 5.41) is 8.50. The van der Waals surface area contributed by atoms with Crippen molar-refractivity contribution in [2.75, 3.05) is 7.11 Å². The van der Waals surface area contributed by atoms with Crippen LogP contribution >= 0.6 is 11.6 Å². The highest BCUT2D eigenvalue weighted by molar-refractivity contribution is 6.33. The molecule has 0 saturated heterocycles. The summed E-state index contributed by atoms with van der Waals surface area (Å²) in [6, 6.07) is 0. The van der Waals surface area contributed by atoms with E-state index in [1.54, 1.807) is 0 Å². The Morgan fingerprint density at radius 3 is 2.67 bits per heavy atom. The standard InChI is InChI=1S/C8H6ClF2NO3/c1-15-6-4(8(13)14)3(9)2-12-5(6)7(10)11/h2,7H,1H3,(H,13,14). The Hall–Kier alpha value is -1.43. The van der Waals surface area contributed by atoms with Crippen molar-refractivity contribution in [3.05, 3.63) is 22.5 Å². The van der Waals surface area contributed by atoms with Crippen LogP contribution in [0.5, 0.6) is 5.75 Å². The van der Waals surface area contributed by atoms with E-state index in [-0.39, 0.29) is 5.02 Å². The van der Waals surface area contributed by atoms with E-state index in [2.05, 4.69) is 9.72 Å². The number of ether oxygens (including phenoxy) is 1. The molecule has 0 unspecified atom stereocenters. The fraction of sp³-hybridized carbons (Fsp3) is 0.250. The highest BCUT2D eigenvalue weighted by Crippen LogP contribution is 2.33. The number of pyridine rings is 1. The molecule has 1 aromatic heterocycles. The zero-order chi connectivity index (χ0) is 11.6. The number of methoxy groups -OCH3 is 1. The second-order valence-electron chi connectivity index (χ2n) is 2.51. The number of hydrogen-bond acceptors (Lipinski definition) is 3. The summed E-state index contributed by atoms with van der Waals surface area (Å²) < 4.78 is 29.4. The van der Waals surface area contributed by atoms with Crippen LogP contribution in [0.3, 0.4) is 0 Å². The van der Waals surface area contributed by atoms with Gasteiger partial charge in [-0.05, 0) is 0 Å². The fourth-order valence-electron chi connectivity index (χ4n) is 1.05. The molecule has 15 heavy (non-hydrogen) atoms. The van der Waals surface area contributed by atoms with E-state index in [0.29, 0.717) is 0 Å². The van der Waals surface area contributed by atoms with Crippen molar-refractivity contribution in [1.82, 2.24) is 4.98 Å². The van der Waals surface area contributed by atoms with Gasteiger partial charge in [0.15, 0.2) is 5.75 Å². The summed E-state index contributed by atoms with van der Waals surface area (Å²) in [7, 11) is 1.08. The van der Waals surface area contributed by atoms with Gasteiger partial charge in [0.1, 0.15) is 11.3 Å². The number of nitrogens with zero attached hydrogens (tertiary/aromatic N) is 1. The van der Waals surface area contributed by atoms with Gasteiger partial charge in [0.05, 0.1) is 12.1 Å². The topological polar surface area (TPSA) is 59.4 Å². The first-order valence-corrected chi connectivity index (χ1v) is 4.10. The number of carbonyl (C=O) groups is 1. The first-order valence-electron chi connectivity index (χ1n) is 3.72. The number of aromatic carboxylic acids is 1. The van der Waals surface area contributed by atoms with Crippen molar-refractivity contribution in [3.63, 3.8) is 0 Å². The molecule has 1 heterocycles. The Balaban J connectivity index is 3.47. The zero-order valence-corrected chi connectivity index (χ0v) is 8.26. The predicted molar refractivity (Wildman–Crippen MR) is 47.7 cm³/mol. The van der Waals surface area contributed by atoms with Crippen LogP contribution in [0.15, 0.2) is 6.20 Å². The molecule has 1 N–H and O–H groups in total. The third kappa shape index (κ3) is 2.15. The Morgan fingerprint density at radius 2 is 2.27 bits per heavy atom. The lowest BCUT2D eigenvalue weighted by Gasteiger charge is -2.10. The molecule has 0 fully saturated rings. The van der Waals surface area contributed by atoms with Gasteiger partial charge in [0.2, 0.25) is 0 Å². The molecule has 0 bridgehead atoms. The van der Waals surface area contributed by atoms with E-state index in [9.17, 15) is 13.6 Å². The average Bonchev–Trinajstić information content (AvgIpc) is 2.15. The summed E-state index contributed by atoms with van der Waals surface area (Å²) in [5.74, 6) is -1.95. The molecule has 0 saturated carbocycles. The average molecular weight is 238 g/mol. The van der Waals surface area contributed by atoms with E-state index in [1.165, 1.54) is 0 Å². The monoisotopic (exact) mass is 237 g/mol. The molecule has 0 aromatic carbocycles. The molecule has 0 aliphatic heterocycles. The molecule has 0 atom stereocenters. The van der Waals surface area contributed by atoms with Crippen LogP contribution in [0.1, 0.15) is 22.5 Å². The van der Waals surface area contributed by atoms with E-state index in [1.807, 2.05) is 0 Å². The highest BCUT2D eigenvalue weighted by Gasteiger charge is 2.25. The second kappa shape index (κ2) is 4.39. The maximum Gasteiger partial charge on any atom is 0.341 e. The molecule has 0 aliphatic carbocycles. The fourth-order valence-corrected chi connectivity index (χ4v) is 1.26. The Kier molecular flexibility index (Phi) is 3.41. The molecule has 1 rings (SSSR count). The van der Waals surface area contributed by atoms with Crippen molar-refractivity contribution in [2.24, 2.45) is 0 Å². The third-order valence-electron chi connectivity index (χ3n) is 1.64. The van der Waals surface area contributed by atoms with Crippen molar-refractivity contribution < 1.29 is 23.4 Å². The van der Waals surface area contributed by atoms with E-state index >= 15 is 0 Å². The summed E-state index contributed by atoms with van der Waals surface area (Å²) in [6.45, 7) is 0. The minimum absolute atomic E-state index is 0.247. The summed E-state index contributed by atoms with van der Waals surface area (Å²) >= 11 is 5.51. The largest absolute Gasteiger partial charge is 0.494 e. The number of rotatable bonds is 3. The second-order valence-corrected chi connectivity index (χ2v) is 2.91. The van der Waals surface area contributed by atoms with Gasteiger partial charge >= 0.3 is 5.97 Å². The van der Waals surface area contributed by atoms with Crippen molar-refractivity contribution in [2.45, 2.75) is 6.43 Å². The van der Waals surface area contributed by atoms with E-state index in [0.717, 1.165) is 13.3 Å². The zero-order valence-electron chi connectivity index (χ0n) is 7.50. The van der Waals surface area contributed by atoms with Gasteiger partial charge < -0.3 is 9.84 Å². The number of aromatic nitrogens is 1. The molecular formula is C8H6ClF2NO3. The maximum absolute atomic E-state index is 12.4. The summed E-state index contributed by atoms with van der Waals surface area (Å²) in [6.07, 6.45) is -2.06. The van der Waals surface area contributed by atoms with E-state index in [4.69, 9.17) is 16.7 Å². The maximum atomic E-state index is 12.4. The molecule has 4 nitrogen and oxygen atoms in total. The van der Waals surface area contributed by atoms with Crippen LogP contribution in [-0.2, 0) is 0 Å². The first kappa shape index (κ1) is 11.6. The normalized spacial score (nSPS) is 10.5. The van der Waals surface area contributed by atoms with Crippen molar-refractivity contribution in [1.29, 1.82) is 0 Å². The summed E-state index contributed by atoms with van der Waals surface area (Å²) in [4.78, 5) is 14.1. The molecule has 0 amide bonds. The Morgan fingerprint density at radius 1 is 1.67 bits per heavy atom. The van der Waals surface area contributed by atoms with Crippen LogP contribution in [-0.4, -0.2) is 23.2 Å². The van der Waals surface area contributed by atoms with Gasteiger partial charge in [-0.25, -0.2) is 18.6 Å². The lowest BCUT2D eigenvalue weighted by atomic mass is 10.2. The molecule has 0 radical (unpaired) electrons. The molecule has 1 aromatic rings. The quantitative estimate of drug-likeness (QED) is 0.877. The van der Waals surface area contributed by atoms with Gasteiger partial charge in [-0.1, -0.05) is 11.6 Å². The number of carboxylic acid groups (broad SMARTS) is 1. The SMILES string of the molecule is COc1c(C(F)F)ncc(Cl)c1C(=O)O. The van der Waals surface area contributed by atoms with Crippen LogP contribution in [0.2, 0.25) is 5.02 Å². The first-order chi connectivity index (χ1) is 6.99. The van der Waals surface area contributed by atoms with Crippen LogP contribution in [0, 0.1) is 0 Å². The van der Waals surface area contributed by atoms with Crippen LogP contribution < -0.4 is 4.74 Å². The van der Waals surface area contributed by atoms with Gasteiger partial charge in [-0.15, -0.1) is 0 Å². The van der Waals surface area contributed by atoms with E-state index < -0.39 is 29.4 Å². The Labute approximate surface area is 88.4 Å². The minimum Gasteiger partial charge on any atom is -0.494 e. The molecular weight excluding hydrogens is 232 g/mol. The van der Waals surface area contributed by atoms with Crippen molar-refractivity contribution >= 4 is 17.6 Å². The smallest absolute Gasteiger partial charge is 0.341 e. The molecule has 0 aliphatic rings. The van der Waals surface area contributed by atoms with Gasteiger partial charge in [-0.3, -0.25) is 0 Å². The van der Waals surface area contributed by atoms with Gasteiger partial charge in [0, 0.05) is 6.20 Å². The number of alkyl halides is 2. The Bertz CT molecular complexity index is 398. The number of hydrogen-bond donors (Lipinski definition) is 1. The lowest BCUT2D eigenvalue weighted by Crippen LogP contribution is -2.06. The van der Waals surface area contributed by atoms with Crippen LogP contribution in [0.4, 0.5) is 8.78 Å². The molecule has 0 spiro atoms. The minimum atomic E-state index is -2.92. The lowest BCUT2D eigenvalue weighted by molar-refractivity contribution is 0.0692. The number of halogens is 3. The predicted octanol–water partition coefficient (Wildman–Crippen LogP) is 2.38. The van der Waals surface area contributed by atoms with Crippen molar-refractivity contribution in [3.8, 4) is 5.75 Å². The molecule has 7 heteroatoms. The number of carboxylic acids is 1. The van der Waals surface area contributed by atoms with Gasteiger partial charge in [-0.2, -0.15) is 0 Å². The highest BCUT2D eigenvalue weighted by atomic mass is 35.5. The third-order valence-corrected chi connectivity index (χ3v) is 1.93.